The third-order valence-corrected chi connectivity index (χ3v) is 6.10. The van der Waals surface area contributed by atoms with E-state index in [4.69, 9.17) is 4.74 Å². The zero-order valence-corrected chi connectivity index (χ0v) is 21.3. The highest BCUT2D eigenvalue weighted by atomic mass is 19.1. The van der Waals surface area contributed by atoms with Crippen molar-refractivity contribution in [2.24, 2.45) is 11.8 Å². The predicted octanol–water partition coefficient (Wildman–Crippen LogP) is 3.97. The van der Waals surface area contributed by atoms with Crippen molar-refractivity contribution >= 4 is 5.91 Å². The van der Waals surface area contributed by atoms with Crippen LogP contribution in [-0.2, 0) is 6.54 Å². The summed E-state index contributed by atoms with van der Waals surface area (Å²) in [5.74, 6) is 6.46. The van der Waals surface area contributed by atoms with Crippen LogP contribution in [0.25, 0.3) is 0 Å². The molecule has 3 atom stereocenters. The first-order chi connectivity index (χ1) is 16.7. The van der Waals surface area contributed by atoms with Crippen molar-refractivity contribution in [2.75, 3.05) is 26.7 Å². The number of hydrogen-bond donors (Lipinski definition) is 1. The average Bonchev–Trinajstić information content (AvgIpc) is 2.81. The van der Waals surface area contributed by atoms with Crippen LogP contribution in [0.2, 0.25) is 0 Å². The molecule has 6 nitrogen and oxygen atoms in total. The van der Waals surface area contributed by atoms with Gasteiger partial charge in [0, 0.05) is 43.7 Å². The molecule has 1 aliphatic rings. The monoisotopic (exact) mass is 481 g/mol. The Morgan fingerprint density at radius 1 is 1.31 bits per heavy atom. The maximum Gasteiger partial charge on any atom is 0.259 e. The van der Waals surface area contributed by atoms with Gasteiger partial charge in [0.2, 0.25) is 5.88 Å². The van der Waals surface area contributed by atoms with Crippen LogP contribution in [0, 0.1) is 29.5 Å². The molecule has 1 aliphatic heterocycles. The standard InChI is InChI=1S/C28H36FN3O3/c1-19(2)8-6-9-22-13-25-27(30-14-22)35-26(20(3)15-32(28(25)34)21(4)18-33)17-31(5)16-23-10-7-11-24(29)12-23/h7,10-14,19-21,26,33H,8,15-18H2,1-5H3/t20-,21+,26+/m0/s1. The van der Waals surface area contributed by atoms with Gasteiger partial charge in [0.1, 0.15) is 17.5 Å². The Labute approximate surface area is 208 Å². The topological polar surface area (TPSA) is 65.9 Å². The van der Waals surface area contributed by atoms with Crippen LogP contribution >= 0.6 is 0 Å². The summed E-state index contributed by atoms with van der Waals surface area (Å²) in [6.07, 6.45) is 2.13. The molecule has 188 valence electrons. The summed E-state index contributed by atoms with van der Waals surface area (Å²) in [5.41, 5.74) is 1.89. The molecule has 1 aromatic carbocycles. The van der Waals surface area contributed by atoms with Crippen molar-refractivity contribution in [2.45, 2.75) is 52.8 Å². The second-order valence-electron chi connectivity index (χ2n) is 9.93. The van der Waals surface area contributed by atoms with Gasteiger partial charge in [0.25, 0.3) is 5.91 Å². The first-order valence-corrected chi connectivity index (χ1v) is 12.2. The van der Waals surface area contributed by atoms with Crippen LogP contribution in [-0.4, -0.2) is 64.7 Å². The van der Waals surface area contributed by atoms with Gasteiger partial charge >= 0.3 is 0 Å². The summed E-state index contributed by atoms with van der Waals surface area (Å²) < 4.78 is 19.9. The number of benzene rings is 1. The third-order valence-electron chi connectivity index (χ3n) is 6.10. The fraction of sp³-hybridized carbons (Fsp3) is 0.500. The minimum absolute atomic E-state index is 0.0247. The minimum atomic E-state index is -0.350. The Kier molecular flexibility index (Phi) is 9.25. The van der Waals surface area contributed by atoms with Crippen molar-refractivity contribution in [3.8, 4) is 17.7 Å². The van der Waals surface area contributed by atoms with E-state index in [2.05, 4.69) is 35.6 Å². The van der Waals surface area contributed by atoms with Gasteiger partial charge in [-0.25, -0.2) is 9.37 Å². The number of aliphatic hydroxyl groups excluding tert-OH is 1. The molecule has 0 radical (unpaired) electrons. The van der Waals surface area contributed by atoms with Crippen LogP contribution in [0.1, 0.15) is 55.6 Å². The summed E-state index contributed by atoms with van der Waals surface area (Å²) in [6.45, 7) is 9.48. The highest BCUT2D eigenvalue weighted by Gasteiger charge is 2.34. The molecule has 0 bridgehead atoms. The Morgan fingerprint density at radius 3 is 2.77 bits per heavy atom. The number of aromatic nitrogens is 1. The molecule has 0 spiro atoms. The van der Waals surface area contributed by atoms with Crippen LogP contribution in [0.15, 0.2) is 36.5 Å². The van der Waals surface area contributed by atoms with Crippen molar-refractivity contribution in [3.05, 3.63) is 59.0 Å². The summed E-state index contributed by atoms with van der Waals surface area (Å²) in [5, 5.41) is 9.82. The molecule has 2 heterocycles. The van der Waals surface area contributed by atoms with Crippen molar-refractivity contribution in [1.29, 1.82) is 0 Å². The zero-order valence-electron chi connectivity index (χ0n) is 21.3. The van der Waals surface area contributed by atoms with Gasteiger partial charge in [-0.2, -0.15) is 0 Å². The van der Waals surface area contributed by atoms with E-state index >= 15 is 0 Å². The Morgan fingerprint density at radius 2 is 2.09 bits per heavy atom. The highest BCUT2D eigenvalue weighted by Crippen LogP contribution is 2.27. The number of halogens is 1. The van der Waals surface area contributed by atoms with Crippen molar-refractivity contribution < 1.29 is 19.0 Å². The van der Waals surface area contributed by atoms with Gasteiger partial charge < -0.3 is 14.7 Å². The van der Waals surface area contributed by atoms with E-state index in [-0.39, 0.29) is 42.3 Å². The number of likely N-dealkylation sites (N-methyl/N-ethyl adjacent to an activating group) is 1. The SMILES string of the molecule is CC(C)CC#Cc1cnc2c(c1)C(=O)N([C@H](C)CO)C[C@H](C)[C@@H](CN(C)Cc1cccc(F)c1)O2. The van der Waals surface area contributed by atoms with E-state index in [1.807, 2.05) is 27.0 Å². The number of nitrogens with zero attached hydrogens (tertiary/aromatic N) is 3. The molecule has 2 aromatic rings. The van der Waals surface area contributed by atoms with Gasteiger partial charge in [-0.1, -0.05) is 44.7 Å². The highest BCUT2D eigenvalue weighted by molar-refractivity contribution is 5.97. The van der Waals surface area contributed by atoms with Crippen molar-refractivity contribution in [3.63, 3.8) is 0 Å². The normalized spacial score (nSPS) is 18.9. The van der Waals surface area contributed by atoms with Gasteiger partial charge in [-0.3, -0.25) is 9.69 Å². The number of rotatable bonds is 7. The fourth-order valence-electron chi connectivity index (χ4n) is 4.06. The largest absolute Gasteiger partial charge is 0.472 e. The first-order valence-electron chi connectivity index (χ1n) is 12.2. The van der Waals surface area contributed by atoms with E-state index in [1.54, 1.807) is 23.2 Å². The van der Waals surface area contributed by atoms with Crippen LogP contribution in [0.4, 0.5) is 4.39 Å². The maximum absolute atomic E-state index is 13.6. The number of ether oxygens (including phenoxy) is 1. The Balaban J connectivity index is 1.89. The van der Waals surface area contributed by atoms with Crippen molar-refractivity contribution in [1.82, 2.24) is 14.8 Å². The first kappa shape index (κ1) is 26.7. The van der Waals surface area contributed by atoms with E-state index in [1.165, 1.54) is 12.1 Å². The minimum Gasteiger partial charge on any atom is -0.472 e. The molecule has 0 saturated carbocycles. The van der Waals surface area contributed by atoms with Crippen LogP contribution < -0.4 is 4.74 Å². The molecule has 1 amide bonds. The lowest BCUT2D eigenvalue weighted by Crippen LogP contribution is -2.49. The van der Waals surface area contributed by atoms with E-state index in [0.29, 0.717) is 36.7 Å². The molecule has 1 aromatic heterocycles. The number of amides is 1. The zero-order chi connectivity index (χ0) is 25.5. The predicted molar refractivity (Wildman–Crippen MR) is 134 cm³/mol. The average molecular weight is 482 g/mol. The summed E-state index contributed by atoms with van der Waals surface area (Å²) in [4.78, 5) is 21.7. The summed E-state index contributed by atoms with van der Waals surface area (Å²) >= 11 is 0. The number of aliphatic hydroxyl groups is 1. The Hall–Kier alpha value is -2.95. The Bertz CT molecular complexity index is 1080. The molecule has 0 fully saturated rings. The second-order valence-corrected chi connectivity index (χ2v) is 9.93. The number of carbonyl (C=O) groups is 1. The number of fused-ring (bicyclic) bond motifs is 1. The van der Waals surface area contributed by atoms with Crippen LogP contribution in [0.3, 0.4) is 0 Å². The quantitative estimate of drug-likeness (QED) is 0.607. The molecule has 0 aliphatic carbocycles. The number of pyridine rings is 1. The van der Waals surface area contributed by atoms with Gasteiger partial charge in [-0.15, -0.1) is 0 Å². The molecule has 3 rings (SSSR count). The van der Waals surface area contributed by atoms with E-state index in [9.17, 15) is 14.3 Å². The maximum atomic E-state index is 13.6. The second kappa shape index (κ2) is 12.1. The molecule has 7 heteroatoms. The molecule has 0 unspecified atom stereocenters. The molecule has 1 N–H and O–H groups in total. The van der Waals surface area contributed by atoms with Gasteiger partial charge in [0.15, 0.2) is 0 Å². The molecular weight excluding hydrogens is 445 g/mol. The summed E-state index contributed by atoms with van der Waals surface area (Å²) in [7, 11) is 1.96. The third kappa shape index (κ3) is 7.27. The lowest BCUT2D eigenvalue weighted by Gasteiger charge is -2.37. The molecule has 35 heavy (non-hydrogen) atoms. The lowest BCUT2D eigenvalue weighted by molar-refractivity contribution is 0.0325. The number of carbonyl (C=O) groups excluding carboxylic acids is 1. The summed E-state index contributed by atoms with van der Waals surface area (Å²) in [6, 6.07) is 7.94. The molecule has 0 saturated heterocycles. The van der Waals surface area contributed by atoms with E-state index in [0.717, 1.165) is 12.0 Å². The number of hydrogen-bond acceptors (Lipinski definition) is 5. The lowest BCUT2D eigenvalue weighted by atomic mass is 9.99. The molecular formula is C28H36FN3O3. The van der Waals surface area contributed by atoms with Gasteiger partial charge in [-0.05, 0) is 43.7 Å². The smallest absolute Gasteiger partial charge is 0.259 e. The van der Waals surface area contributed by atoms with E-state index < -0.39 is 0 Å². The van der Waals surface area contributed by atoms with Gasteiger partial charge in [0.05, 0.1) is 12.6 Å². The fourth-order valence-corrected chi connectivity index (χ4v) is 4.06. The van der Waals surface area contributed by atoms with Crippen LogP contribution in [0.5, 0.6) is 5.88 Å².